The van der Waals surface area contributed by atoms with E-state index in [0.29, 0.717) is 12.8 Å². The predicted octanol–water partition coefficient (Wildman–Crippen LogP) is 4.74. The van der Waals surface area contributed by atoms with Gasteiger partial charge in [0.25, 0.3) is 0 Å². The maximum absolute atomic E-state index is 12.2. The number of hydrogen-bond acceptors (Lipinski definition) is 2. The molecule has 2 aromatic rings. The van der Waals surface area contributed by atoms with Crippen molar-refractivity contribution in [2.24, 2.45) is 5.92 Å². The summed E-state index contributed by atoms with van der Waals surface area (Å²) < 4.78 is -1.39. The van der Waals surface area contributed by atoms with Gasteiger partial charge in [0.15, 0.2) is 3.79 Å². The summed E-state index contributed by atoms with van der Waals surface area (Å²) in [6, 6.07) is 9.51. The minimum Gasteiger partial charge on any atom is -0.306 e. The van der Waals surface area contributed by atoms with Crippen molar-refractivity contribution in [3.8, 4) is 0 Å². The second-order valence-corrected chi connectivity index (χ2v) is 7.81. The number of halogens is 3. The Kier molecular flexibility index (Phi) is 4.23. The summed E-state index contributed by atoms with van der Waals surface area (Å²) in [4.78, 5) is 18.3. The topological polar surface area (TPSA) is 33.2 Å². The van der Waals surface area contributed by atoms with E-state index in [0.717, 1.165) is 16.6 Å². The van der Waals surface area contributed by atoms with E-state index in [9.17, 15) is 4.79 Å². The fourth-order valence-corrected chi connectivity index (χ4v) is 3.98. The molecule has 1 aliphatic rings. The van der Waals surface area contributed by atoms with E-state index < -0.39 is 3.79 Å². The number of carbonyl (C=O) groups excluding carboxylic acids is 1. The Hall–Kier alpha value is -1.03. The van der Waals surface area contributed by atoms with Crippen molar-refractivity contribution >= 4 is 57.3 Å². The fourth-order valence-electron chi connectivity index (χ4n) is 3.08. The number of hydrogen-bond donors (Lipinski definition) is 0. The van der Waals surface area contributed by atoms with Gasteiger partial charge in [0.2, 0.25) is 5.91 Å². The molecule has 1 fully saturated rings. The summed E-state index contributed by atoms with van der Waals surface area (Å²) in [5.41, 5.74) is 1.58. The van der Waals surface area contributed by atoms with Crippen LogP contribution in [-0.4, -0.2) is 20.7 Å². The van der Waals surface area contributed by atoms with Crippen LogP contribution in [0.5, 0.6) is 0 Å². The van der Waals surface area contributed by atoms with Crippen molar-refractivity contribution in [2.75, 3.05) is 4.90 Å². The highest BCUT2D eigenvalue weighted by Crippen LogP contribution is 2.46. The quantitative estimate of drug-likeness (QED) is 0.587. The molecular weight excluding hydrogens is 343 g/mol. The number of pyridine rings is 1. The van der Waals surface area contributed by atoms with E-state index >= 15 is 0 Å². The van der Waals surface area contributed by atoms with Gasteiger partial charge in [0.05, 0.1) is 17.2 Å². The Bertz CT molecular complexity index is 709. The zero-order valence-corrected chi connectivity index (χ0v) is 14.2. The summed E-state index contributed by atoms with van der Waals surface area (Å²) in [5, 5.41) is 0.986. The lowest BCUT2D eigenvalue weighted by atomic mass is 9.86. The van der Waals surface area contributed by atoms with Crippen molar-refractivity contribution in [1.29, 1.82) is 0 Å². The van der Waals surface area contributed by atoms with E-state index in [1.165, 1.54) is 0 Å². The third kappa shape index (κ3) is 2.66. The molecule has 1 aromatic carbocycles. The van der Waals surface area contributed by atoms with Crippen molar-refractivity contribution in [3.63, 3.8) is 0 Å². The van der Waals surface area contributed by atoms with Gasteiger partial charge in [0, 0.05) is 23.9 Å². The van der Waals surface area contributed by atoms with Gasteiger partial charge >= 0.3 is 0 Å². The van der Waals surface area contributed by atoms with E-state index in [4.69, 9.17) is 34.8 Å². The highest BCUT2D eigenvalue weighted by atomic mass is 35.6. The van der Waals surface area contributed by atoms with Crippen molar-refractivity contribution < 1.29 is 4.79 Å². The Morgan fingerprint density at radius 3 is 2.68 bits per heavy atom. The average molecular weight is 358 g/mol. The predicted molar refractivity (Wildman–Crippen MR) is 91.7 cm³/mol. The van der Waals surface area contributed by atoms with Gasteiger partial charge in [-0.15, -0.1) is 0 Å². The molecule has 1 aromatic heterocycles. The van der Waals surface area contributed by atoms with Crippen LogP contribution in [-0.2, 0) is 4.79 Å². The van der Waals surface area contributed by atoms with Crippen LogP contribution in [0.15, 0.2) is 36.5 Å². The van der Waals surface area contributed by atoms with Gasteiger partial charge in [-0.1, -0.05) is 59.9 Å². The van der Waals surface area contributed by atoms with Gasteiger partial charge in [-0.25, -0.2) is 0 Å². The van der Waals surface area contributed by atoms with Gasteiger partial charge < -0.3 is 4.90 Å². The average Bonchev–Trinajstić information content (AvgIpc) is 2.46. The van der Waals surface area contributed by atoms with Crippen LogP contribution in [0.4, 0.5) is 5.69 Å². The minimum absolute atomic E-state index is 0.0378. The molecule has 0 N–H and O–H groups in total. The first-order chi connectivity index (χ1) is 10.4. The monoisotopic (exact) mass is 356 g/mol. The van der Waals surface area contributed by atoms with Crippen LogP contribution >= 0.6 is 34.8 Å². The second-order valence-electron chi connectivity index (χ2n) is 5.44. The Balaban J connectivity index is 2.03. The highest BCUT2D eigenvalue weighted by molar-refractivity contribution is 6.67. The number of rotatable bonds is 3. The van der Waals surface area contributed by atoms with Gasteiger partial charge in [0.1, 0.15) is 0 Å². The number of anilines is 1. The van der Waals surface area contributed by atoms with Gasteiger partial charge in [-0.3, -0.25) is 9.78 Å². The Labute approximate surface area is 144 Å². The van der Waals surface area contributed by atoms with E-state index in [1.807, 2.05) is 37.3 Å². The number of aromatic nitrogens is 1. The normalized spacial score (nSPS) is 20.1. The minimum atomic E-state index is -1.39. The molecule has 3 rings (SSSR count). The third-order valence-corrected chi connectivity index (χ3v) is 5.02. The molecule has 1 amide bonds. The first kappa shape index (κ1) is 15.9. The lowest BCUT2D eigenvalue weighted by Gasteiger charge is -2.46. The number of benzene rings is 1. The molecule has 0 radical (unpaired) electrons. The molecule has 2 heterocycles. The fraction of sp³-hybridized carbons (Fsp3) is 0.375. The summed E-state index contributed by atoms with van der Waals surface area (Å²) in [7, 11) is 0. The molecular formula is C16H15Cl3N2O. The summed E-state index contributed by atoms with van der Waals surface area (Å²) in [6.07, 6.45) is 2.80. The Morgan fingerprint density at radius 1 is 1.32 bits per heavy atom. The third-order valence-electron chi connectivity index (χ3n) is 4.18. The van der Waals surface area contributed by atoms with Crippen molar-refractivity contribution in [3.05, 3.63) is 36.5 Å². The molecule has 22 heavy (non-hydrogen) atoms. The zero-order valence-electron chi connectivity index (χ0n) is 12.0. The van der Waals surface area contributed by atoms with Crippen LogP contribution in [0, 0.1) is 5.92 Å². The van der Waals surface area contributed by atoms with Crippen LogP contribution in [0.1, 0.15) is 19.8 Å². The van der Waals surface area contributed by atoms with Crippen LogP contribution in [0.3, 0.4) is 0 Å². The molecule has 0 bridgehead atoms. The van der Waals surface area contributed by atoms with Gasteiger partial charge in [-0.2, -0.15) is 0 Å². The zero-order chi connectivity index (χ0) is 15.9. The first-order valence-electron chi connectivity index (χ1n) is 7.16. The standard InChI is InChI=1S/C16H15Cl3N2O/c1-2-11(16(17,18)19)13-9-14(22)21(13)12-7-3-5-10-6-4-8-20-15(10)12/h3-8,11,13H,2,9H2,1H3. The molecule has 1 saturated heterocycles. The number of fused-ring (bicyclic) bond motifs is 1. The molecule has 1 aliphatic heterocycles. The maximum atomic E-state index is 12.2. The van der Waals surface area contributed by atoms with Crippen LogP contribution in [0.2, 0.25) is 0 Å². The van der Waals surface area contributed by atoms with E-state index in [1.54, 1.807) is 11.1 Å². The molecule has 6 heteroatoms. The summed E-state index contributed by atoms with van der Waals surface area (Å²) in [5.74, 6) is -0.176. The van der Waals surface area contributed by atoms with Crippen molar-refractivity contribution in [2.45, 2.75) is 29.6 Å². The molecule has 2 unspecified atom stereocenters. The highest BCUT2D eigenvalue weighted by Gasteiger charge is 2.49. The smallest absolute Gasteiger partial charge is 0.229 e. The second kappa shape index (κ2) is 5.88. The molecule has 2 atom stereocenters. The van der Waals surface area contributed by atoms with Crippen molar-refractivity contribution in [1.82, 2.24) is 4.98 Å². The lowest BCUT2D eigenvalue weighted by Crippen LogP contribution is -2.59. The number of alkyl halides is 3. The largest absolute Gasteiger partial charge is 0.306 e. The number of carbonyl (C=O) groups is 1. The summed E-state index contributed by atoms with van der Waals surface area (Å²) >= 11 is 18.3. The molecule has 0 spiro atoms. The SMILES string of the molecule is CCC(C1CC(=O)N1c1cccc2cccnc12)C(Cl)(Cl)Cl. The first-order valence-corrected chi connectivity index (χ1v) is 8.29. The molecule has 0 aliphatic carbocycles. The van der Waals surface area contributed by atoms with Crippen LogP contribution < -0.4 is 4.90 Å². The maximum Gasteiger partial charge on any atom is 0.229 e. The summed E-state index contributed by atoms with van der Waals surface area (Å²) in [6.45, 7) is 1.97. The molecule has 0 saturated carbocycles. The number of para-hydroxylation sites is 1. The molecule has 116 valence electrons. The van der Waals surface area contributed by atoms with E-state index in [2.05, 4.69) is 4.98 Å². The number of amides is 1. The van der Waals surface area contributed by atoms with Crippen LogP contribution in [0.25, 0.3) is 10.9 Å². The number of nitrogens with zero attached hydrogens (tertiary/aromatic N) is 2. The Morgan fingerprint density at radius 2 is 2.05 bits per heavy atom. The van der Waals surface area contributed by atoms with E-state index in [-0.39, 0.29) is 17.9 Å². The number of β-lactam (4-membered cyclic amide) rings is 1. The molecule has 3 nitrogen and oxygen atoms in total. The lowest BCUT2D eigenvalue weighted by molar-refractivity contribution is -0.125. The van der Waals surface area contributed by atoms with Gasteiger partial charge in [-0.05, 0) is 18.6 Å².